The van der Waals surface area contributed by atoms with Gasteiger partial charge in [-0.25, -0.2) is 4.98 Å². The second-order valence-corrected chi connectivity index (χ2v) is 7.87. The summed E-state index contributed by atoms with van der Waals surface area (Å²) < 4.78 is 5.11. The predicted molar refractivity (Wildman–Crippen MR) is 118 cm³/mol. The van der Waals surface area contributed by atoms with Gasteiger partial charge in [0.2, 0.25) is 0 Å². The smallest absolute Gasteiger partial charge is 0.311 e. The lowest BCUT2D eigenvalue weighted by molar-refractivity contribution is -0.384. The Labute approximate surface area is 190 Å². The van der Waals surface area contributed by atoms with Gasteiger partial charge in [-0.3, -0.25) is 19.7 Å². The normalized spacial score (nSPS) is 10.5. The van der Waals surface area contributed by atoms with Crippen molar-refractivity contribution in [3.05, 3.63) is 79.3 Å². The highest BCUT2D eigenvalue weighted by Gasteiger charge is 2.15. The van der Waals surface area contributed by atoms with Crippen molar-refractivity contribution in [3.8, 4) is 10.6 Å². The van der Waals surface area contributed by atoms with E-state index in [1.807, 2.05) is 18.2 Å². The van der Waals surface area contributed by atoms with Crippen LogP contribution in [0.15, 0.2) is 47.8 Å². The van der Waals surface area contributed by atoms with Crippen LogP contribution in [0.2, 0.25) is 10.0 Å². The number of aromatic nitrogens is 1. The minimum atomic E-state index is -0.604. The molecule has 8 nitrogen and oxygen atoms in total. The maximum absolute atomic E-state index is 12.1. The maximum atomic E-state index is 12.1. The molecule has 0 unspecified atom stereocenters. The van der Waals surface area contributed by atoms with Gasteiger partial charge in [-0.05, 0) is 12.1 Å². The van der Waals surface area contributed by atoms with Gasteiger partial charge in [0.15, 0.2) is 0 Å². The number of non-ortho nitro benzene ring substituents is 1. The first-order valence-corrected chi connectivity index (χ1v) is 10.6. The van der Waals surface area contributed by atoms with Crippen LogP contribution in [0.25, 0.3) is 10.6 Å². The molecule has 1 amide bonds. The minimum Gasteiger partial charge on any atom is -0.464 e. The molecule has 0 fully saturated rings. The molecule has 11 heteroatoms. The summed E-state index contributed by atoms with van der Waals surface area (Å²) in [5.74, 6) is -1.02. The van der Waals surface area contributed by atoms with Crippen LogP contribution in [0, 0.1) is 10.1 Å². The van der Waals surface area contributed by atoms with E-state index in [0.29, 0.717) is 15.7 Å². The largest absolute Gasteiger partial charge is 0.464 e. The van der Waals surface area contributed by atoms with E-state index < -0.39 is 16.8 Å². The highest BCUT2D eigenvalue weighted by Crippen LogP contribution is 2.30. The van der Waals surface area contributed by atoms with E-state index in [1.165, 1.54) is 23.5 Å². The lowest BCUT2D eigenvalue weighted by atomic mass is 10.2. The zero-order valence-electron chi connectivity index (χ0n) is 15.8. The van der Waals surface area contributed by atoms with E-state index >= 15 is 0 Å². The predicted octanol–water partition coefficient (Wildman–Crippen LogP) is 4.54. The Morgan fingerprint density at radius 3 is 2.65 bits per heavy atom. The maximum Gasteiger partial charge on any atom is 0.311 e. The molecule has 0 spiro atoms. The molecule has 1 heterocycles. The SMILES string of the molecule is O=C(Cc1csc(-c2ccccc2Cl)n1)OCCNC(=O)c1ccc([N+](=O)[O-])cc1Cl. The number of hydrogen-bond acceptors (Lipinski definition) is 7. The van der Waals surface area contributed by atoms with Crippen LogP contribution in [0.5, 0.6) is 0 Å². The van der Waals surface area contributed by atoms with Gasteiger partial charge in [0.25, 0.3) is 11.6 Å². The molecule has 0 saturated heterocycles. The summed E-state index contributed by atoms with van der Waals surface area (Å²) in [6.07, 6.45) is -0.0108. The van der Waals surface area contributed by atoms with E-state index in [0.717, 1.165) is 11.6 Å². The standard InChI is InChI=1S/C20H15Cl2N3O5S/c21-16-4-2-1-3-15(16)20-24-12(11-31-20)9-18(26)30-8-7-23-19(27)14-6-5-13(25(28)29)10-17(14)22/h1-6,10-11H,7-9H2,(H,23,27). The number of amides is 1. The first-order chi connectivity index (χ1) is 14.8. The number of nitro groups is 1. The average molecular weight is 480 g/mol. The lowest BCUT2D eigenvalue weighted by Crippen LogP contribution is -2.28. The lowest BCUT2D eigenvalue weighted by Gasteiger charge is -2.07. The Morgan fingerprint density at radius 1 is 1.16 bits per heavy atom. The third kappa shape index (κ3) is 6.00. The Kier molecular flexibility index (Phi) is 7.56. The fraction of sp³-hybridized carbons (Fsp3) is 0.150. The molecule has 2 aromatic carbocycles. The molecule has 0 bridgehead atoms. The Balaban J connectivity index is 1.45. The number of nitrogens with one attached hydrogen (secondary N) is 1. The van der Waals surface area contributed by atoms with Gasteiger partial charge < -0.3 is 10.1 Å². The number of esters is 1. The molecule has 1 N–H and O–H groups in total. The van der Waals surface area contributed by atoms with Crippen molar-refractivity contribution in [2.45, 2.75) is 6.42 Å². The second kappa shape index (κ2) is 10.3. The highest BCUT2D eigenvalue weighted by atomic mass is 35.5. The molecule has 0 saturated carbocycles. The number of carbonyl (C=O) groups is 2. The zero-order valence-corrected chi connectivity index (χ0v) is 18.2. The van der Waals surface area contributed by atoms with Gasteiger partial charge in [-0.15, -0.1) is 11.3 Å². The zero-order chi connectivity index (χ0) is 22.4. The monoisotopic (exact) mass is 479 g/mol. The van der Waals surface area contributed by atoms with Crippen molar-refractivity contribution >= 4 is 52.1 Å². The van der Waals surface area contributed by atoms with Crippen LogP contribution in [0.1, 0.15) is 16.1 Å². The molecule has 0 aliphatic heterocycles. The van der Waals surface area contributed by atoms with Crippen molar-refractivity contribution in [1.29, 1.82) is 0 Å². The number of nitrogens with zero attached hydrogens (tertiary/aromatic N) is 2. The van der Waals surface area contributed by atoms with Gasteiger partial charge in [0, 0.05) is 23.1 Å². The summed E-state index contributed by atoms with van der Waals surface area (Å²) in [6.45, 7) is 0.0104. The van der Waals surface area contributed by atoms with E-state index in [1.54, 1.807) is 11.4 Å². The quantitative estimate of drug-likeness (QED) is 0.219. The average Bonchev–Trinajstić information content (AvgIpc) is 3.19. The van der Waals surface area contributed by atoms with Crippen molar-refractivity contribution in [3.63, 3.8) is 0 Å². The first kappa shape index (κ1) is 22.7. The number of ether oxygens (including phenoxy) is 1. The number of carbonyl (C=O) groups excluding carboxylic acids is 2. The topological polar surface area (TPSA) is 111 Å². The minimum absolute atomic E-state index is 0.0108. The van der Waals surface area contributed by atoms with Crippen molar-refractivity contribution < 1.29 is 19.2 Å². The van der Waals surface area contributed by atoms with Crippen molar-refractivity contribution in [1.82, 2.24) is 10.3 Å². The summed E-state index contributed by atoms with van der Waals surface area (Å²) in [5, 5.41) is 16.3. The van der Waals surface area contributed by atoms with E-state index in [4.69, 9.17) is 27.9 Å². The van der Waals surface area contributed by atoms with Crippen LogP contribution in [-0.4, -0.2) is 34.9 Å². The number of rotatable bonds is 8. The van der Waals surface area contributed by atoms with Gasteiger partial charge in [0.1, 0.15) is 11.6 Å². The fourth-order valence-corrected chi connectivity index (χ4v) is 3.97. The molecule has 0 aliphatic carbocycles. The van der Waals surface area contributed by atoms with Gasteiger partial charge in [0.05, 0.1) is 39.2 Å². The number of halogens is 2. The molecule has 0 aliphatic rings. The molecular formula is C20H15Cl2N3O5S. The van der Waals surface area contributed by atoms with Gasteiger partial charge in [-0.1, -0.05) is 41.4 Å². The van der Waals surface area contributed by atoms with Crippen LogP contribution < -0.4 is 5.32 Å². The summed E-state index contributed by atoms with van der Waals surface area (Å²) in [4.78, 5) is 38.7. The molecule has 160 valence electrons. The third-order valence-corrected chi connectivity index (χ3v) is 5.61. The summed E-state index contributed by atoms with van der Waals surface area (Å²) in [5.41, 5.74) is 1.23. The van der Waals surface area contributed by atoms with Crippen LogP contribution in [-0.2, 0) is 16.0 Å². The van der Waals surface area contributed by atoms with Crippen molar-refractivity contribution in [2.75, 3.05) is 13.2 Å². The summed E-state index contributed by atoms with van der Waals surface area (Å²) in [7, 11) is 0. The molecule has 3 rings (SSSR count). The molecule has 0 atom stereocenters. The van der Waals surface area contributed by atoms with Gasteiger partial charge in [-0.2, -0.15) is 0 Å². The highest BCUT2D eigenvalue weighted by molar-refractivity contribution is 7.13. The van der Waals surface area contributed by atoms with E-state index in [-0.39, 0.29) is 35.8 Å². The Hall–Kier alpha value is -3.01. The van der Waals surface area contributed by atoms with Crippen LogP contribution >= 0.6 is 34.5 Å². The Morgan fingerprint density at radius 2 is 1.94 bits per heavy atom. The first-order valence-electron chi connectivity index (χ1n) is 8.92. The number of nitro benzene ring substituents is 1. The fourth-order valence-electron chi connectivity index (χ4n) is 2.57. The molecule has 1 aromatic heterocycles. The van der Waals surface area contributed by atoms with E-state index in [9.17, 15) is 19.7 Å². The van der Waals surface area contributed by atoms with Gasteiger partial charge >= 0.3 is 5.97 Å². The molecule has 3 aromatic rings. The molecule has 31 heavy (non-hydrogen) atoms. The van der Waals surface area contributed by atoms with E-state index in [2.05, 4.69) is 10.3 Å². The van der Waals surface area contributed by atoms with Crippen LogP contribution in [0.4, 0.5) is 5.69 Å². The summed E-state index contributed by atoms with van der Waals surface area (Å²) >= 11 is 13.5. The molecule has 0 radical (unpaired) electrons. The Bertz CT molecular complexity index is 1140. The second-order valence-electron chi connectivity index (χ2n) is 6.20. The van der Waals surface area contributed by atoms with Crippen LogP contribution in [0.3, 0.4) is 0 Å². The molecular weight excluding hydrogens is 465 g/mol. The number of benzene rings is 2. The van der Waals surface area contributed by atoms with Crippen molar-refractivity contribution in [2.24, 2.45) is 0 Å². The number of thiazole rings is 1. The third-order valence-electron chi connectivity index (χ3n) is 4.04. The summed E-state index contributed by atoms with van der Waals surface area (Å²) in [6, 6.07) is 10.8. The number of hydrogen-bond donors (Lipinski definition) is 1.